The zero-order valence-electron chi connectivity index (χ0n) is 17.1. The molecule has 0 spiro atoms. The molecule has 7 heteroatoms. The predicted octanol–water partition coefficient (Wildman–Crippen LogP) is 4.07. The van der Waals surface area contributed by atoms with E-state index in [0.717, 1.165) is 5.56 Å². The molecule has 1 aliphatic heterocycles. The number of anilines is 3. The van der Waals surface area contributed by atoms with E-state index >= 15 is 0 Å². The number of benzene rings is 3. The van der Waals surface area contributed by atoms with E-state index in [9.17, 15) is 9.59 Å². The zero-order valence-corrected chi connectivity index (χ0v) is 17.1. The first-order valence-electron chi connectivity index (χ1n) is 9.99. The summed E-state index contributed by atoms with van der Waals surface area (Å²) >= 11 is 0. The van der Waals surface area contributed by atoms with Crippen molar-refractivity contribution in [3.63, 3.8) is 0 Å². The van der Waals surface area contributed by atoms with Crippen LogP contribution in [0, 0.1) is 6.92 Å². The molecule has 0 aliphatic carbocycles. The van der Waals surface area contributed by atoms with Gasteiger partial charge >= 0.3 is 0 Å². The number of carbonyl (C=O) groups excluding carboxylic acids is 2. The number of ether oxygens (including phenoxy) is 2. The maximum absolute atomic E-state index is 12.7. The Labute approximate surface area is 180 Å². The SMILES string of the molecule is Cc1ccc(NC(=O)c2ccccc2NCC(=O)Nc2ccc3c(c2)OCCO3)cc1. The molecule has 4 rings (SSSR count). The van der Waals surface area contributed by atoms with Crippen molar-refractivity contribution in [3.05, 3.63) is 77.9 Å². The number of amides is 2. The topological polar surface area (TPSA) is 88.7 Å². The lowest BCUT2D eigenvalue weighted by molar-refractivity contribution is -0.114. The maximum atomic E-state index is 12.7. The highest BCUT2D eigenvalue weighted by Crippen LogP contribution is 2.32. The van der Waals surface area contributed by atoms with Crippen molar-refractivity contribution in [1.82, 2.24) is 0 Å². The summed E-state index contributed by atoms with van der Waals surface area (Å²) < 4.78 is 11.0. The van der Waals surface area contributed by atoms with Crippen LogP contribution in [0.2, 0.25) is 0 Å². The van der Waals surface area contributed by atoms with Gasteiger partial charge in [0.2, 0.25) is 5.91 Å². The molecule has 1 heterocycles. The fourth-order valence-electron chi connectivity index (χ4n) is 3.17. The van der Waals surface area contributed by atoms with E-state index in [0.29, 0.717) is 47.3 Å². The molecule has 0 aromatic heterocycles. The summed E-state index contributed by atoms with van der Waals surface area (Å²) in [4.78, 5) is 25.1. The highest BCUT2D eigenvalue weighted by Gasteiger charge is 2.14. The van der Waals surface area contributed by atoms with Crippen molar-refractivity contribution < 1.29 is 19.1 Å². The second-order valence-electron chi connectivity index (χ2n) is 7.13. The van der Waals surface area contributed by atoms with Gasteiger partial charge in [-0.15, -0.1) is 0 Å². The number of hydrogen-bond acceptors (Lipinski definition) is 5. The van der Waals surface area contributed by atoms with Gasteiger partial charge in [0.25, 0.3) is 5.91 Å². The Morgan fingerprint density at radius 1 is 0.839 bits per heavy atom. The molecule has 0 bridgehead atoms. The molecule has 3 N–H and O–H groups in total. The lowest BCUT2D eigenvalue weighted by atomic mass is 10.1. The zero-order chi connectivity index (χ0) is 21.6. The summed E-state index contributed by atoms with van der Waals surface area (Å²) in [7, 11) is 0. The third-order valence-corrected chi connectivity index (χ3v) is 4.75. The number of carbonyl (C=O) groups is 2. The molecule has 0 radical (unpaired) electrons. The van der Waals surface area contributed by atoms with E-state index in [1.165, 1.54) is 0 Å². The van der Waals surface area contributed by atoms with E-state index in [4.69, 9.17) is 9.47 Å². The van der Waals surface area contributed by atoms with Crippen LogP contribution in [0.15, 0.2) is 66.7 Å². The fourth-order valence-corrected chi connectivity index (χ4v) is 3.17. The van der Waals surface area contributed by atoms with Crippen LogP contribution in [0.3, 0.4) is 0 Å². The highest BCUT2D eigenvalue weighted by atomic mass is 16.6. The van der Waals surface area contributed by atoms with E-state index in [-0.39, 0.29) is 18.4 Å². The lowest BCUT2D eigenvalue weighted by Gasteiger charge is -2.19. The van der Waals surface area contributed by atoms with Gasteiger partial charge in [-0.2, -0.15) is 0 Å². The van der Waals surface area contributed by atoms with E-state index in [1.54, 1.807) is 36.4 Å². The molecule has 0 fully saturated rings. The second kappa shape index (κ2) is 9.21. The van der Waals surface area contributed by atoms with Crippen molar-refractivity contribution >= 4 is 28.9 Å². The van der Waals surface area contributed by atoms with Gasteiger partial charge < -0.3 is 25.4 Å². The molecule has 0 atom stereocenters. The van der Waals surface area contributed by atoms with Gasteiger partial charge in [0.15, 0.2) is 11.5 Å². The number of aryl methyl sites for hydroxylation is 1. The van der Waals surface area contributed by atoms with Crippen molar-refractivity contribution in [2.45, 2.75) is 6.92 Å². The van der Waals surface area contributed by atoms with Crippen molar-refractivity contribution in [3.8, 4) is 11.5 Å². The molecule has 3 aromatic rings. The minimum absolute atomic E-state index is 0.00324. The van der Waals surface area contributed by atoms with Gasteiger partial charge in [-0.05, 0) is 43.3 Å². The van der Waals surface area contributed by atoms with Gasteiger partial charge in [0, 0.05) is 23.1 Å². The third kappa shape index (κ3) is 5.14. The fraction of sp³-hybridized carbons (Fsp3) is 0.167. The Morgan fingerprint density at radius 3 is 2.35 bits per heavy atom. The Balaban J connectivity index is 1.38. The molecule has 0 unspecified atom stereocenters. The average Bonchev–Trinajstić information content (AvgIpc) is 2.79. The van der Waals surface area contributed by atoms with E-state index < -0.39 is 0 Å². The first kappa shape index (κ1) is 20.3. The molecule has 31 heavy (non-hydrogen) atoms. The molecule has 158 valence electrons. The largest absolute Gasteiger partial charge is 0.486 e. The van der Waals surface area contributed by atoms with Crippen LogP contribution in [0.25, 0.3) is 0 Å². The van der Waals surface area contributed by atoms with Gasteiger partial charge in [-0.3, -0.25) is 9.59 Å². The number of fused-ring (bicyclic) bond motifs is 1. The van der Waals surface area contributed by atoms with Crippen molar-refractivity contribution in [2.75, 3.05) is 35.7 Å². The summed E-state index contributed by atoms with van der Waals surface area (Å²) in [5.74, 6) is 0.774. The molecular weight excluding hydrogens is 394 g/mol. The summed E-state index contributed by atoms with van der Waals surface area (Å²) in [5.41, 5.74) is 3.46. The quantitative estimate of drug-likeness (QED) is 0.563. The number of rotatable bonds is 6. The maximum Gasteiger partial charge on any atom is 0.257 e. The van der Waals surface area contributed by atoms with Gasteiger partial charge in [0.1, 0.15) is 13.2 Å². The summed E-state index contributed by atoms with van der Waals surface area (Å²) in [6.45, 7) is 2.98. The Hall–Kier alpha value is -4.00. The predicted molar refractivity (Wildman–Crippen MR) is 120 cm³/mol. The first-order valence-corrected chi connectivity index (χ1v) is 9.99. The van der Waals surface area contributed by atoms with Crippen LogP contribution in [-0.2, 0) is 4.79 Å². The molecule has 0 saturated carbocycles. The summed E-state index contributed by atoms with van der Waals surface area (Å²) in [5, 5.41) is 8.74. The van der Waals surface area contributed by atoms with Crippen molar-refractivity contribution in [1.29, 1.82) is 0 Å². The van der Waals surface area contributed by atoms with Gasteiger partial charge in [0.05, 0.1) is 12.1 Å². The Kier molecular flexibility index (Phi) is 6.03. The lowest BCUT2D eigenvalue weighted by Crippen LogP contribution is -2.23. The minimum Gasteiger partial charge on any atom is -0.486 e. The van der Waals surface area contributed by atoms with Crippen LogP contribution < -0.4 is 25.4 Å². The van der Waals surface area contributed by atoms with Crippen LogP contribution in [0.5, 0.6) is 11.5 Å². The number of para-hydroxylation sites is 1. The van der Waals surface area contributed by atoms with Gasteiger partial charge in [-0.1, -0.05) is 29.8 Å². The molecule has 3 aromatic carbocycles. The van der Waals surface area contributed by atoms with Crippen molar-refractivity contribution in [2.24, 2.45) is 0 Å². The van der Waals surface area contributed by atoms with Crippen LogP contribution in [-0.4, -0.2) is 31.6 Å². The molecule has 2 amide bonds. The molecule has 0 saturated heterocycles. The summed E-state index contributed by atoms with van der Waals surface area (Å²) in [6.07, 6.45) is 0. The average molecular weight is 417 g/mol. The van der Waals surface area contributed by atoms with Crippen LogP contribution in [0.4, 0.5) is 17.1 Å². The van der Waals surface area contributed by atoms with E-state index in [2.05, 4.69) is 16.0 Å². The minimum atomic E-state index is -0.251. The van der Waals surface area contributed by atoms with E-state index in [1.807, 2.05) is 37.3 Å². The van der Waals surface area contributed by atoms with Crippen LogP contribution >= 0.6 is 0 Å². The smallest absolute Gasteiger partial charge is 0.257 e. The molecular formula is C24H23N3O4. The highest BCUT2D eigenvalue weighted by molar-refractivity contribution is 6.08. The third-order valence-electron chi connectivity index (χ3n) is 4.75. The summed E-state index contributed by atoms with van der Waals surface area (Å²) in [6, 6.07) is 19.9. The Morgan fingerprint density at radius 2 is 1.55 bits per heavy atom. The molecule has 7 nitrogen and oxygen atoms in total. The standard InChI is InChI=1S/C24H23N3O4/c1-16-6-8-17(9-7-16)27-24(29)19-4-2-3-5-20(19)25-15-23(28)26-18-10-11-21-22(14-18)31-13-12-30-21/h2-11,14,25H,12-13,15H2,1H3,(H,26,28)(H,27,29). The molecule has 1 aliphatic rings. The number of nitrogens with one attached hydrogen (secondary N) is 3. The number of hydrogen-bond donors (Lipinski definition) is 3. The van der Waals surface area contributed by atoms with Gasteiger partial charge in [-0.25, -0.2) is 0 Å². The second-order valence-corrected chi connectivity index (χ2v) is 7.13. The van der Waals surface area contributed by atoms with Crippen LogP contribution in [0.1, 0.15) is 15.9 Å². The monoisotopic (exact) mass is 417 g/mol. The normalized spacial score (nSPS) is 12.0. The first-order chi connectivity index (χ1) is 15.1. The Bertz CT molecular complexity index is 1100.